The van der Waals surface area contributed by atoms with E-state index in [1.807, 2.05) is 0 Å². The smallest absolute Gasteiger partial charge is 0.256 e. The minimum atomic E-state index is -2.14. The molecule has 3 heterocycles. The zero-order valence-electron chi connectivity index (χ0n) is 19.3. The molecule has 1 spiro atoms. The van der Waals surface area contributed by atoms with Gasteiger partial charge >= 0.3 is 0 Å². The lowest BCUT2D eigenvalue weighted by Gasteiger charge is -2.55. The van der Waals surface area contributed by atoms with Gasteiger partial charge in [-0.3, -0.25) is 9.59 Å². The van der Waals surface area contributed by atoms with Crippen molar-refractivity contribution >= 4 is 11.8 Å². The van der Waals surface area contributed by atoms with Gasteiger partial charge in [-0.25, -0.2) is 0 Å². The maximum Gasteiger partial charge on any atom is 0.256 e. The molecule has 3 aliphatic rings. The highest BCUT2D eigenvalue weighted by Crippen LogP contribution is 2.43. The van der Waals surface area contributed by atoms with Crippen LogP contribution >= 0.6 is 0 Å². The van der Waals surface area contributed by atoms with Crippen molar-refractivity contribution < 1.29 is 64.3 Å². The number of methoxy groups -OCH3 is 1. The molecule has 35 heavy (non-hydrogen) atoms. The van der Waals surface area contributed by atoms with Gasteiger partial charge in [0.05, 0.1) is 31.5 Å². The van der Waals surface area contributed by atoms with Crippen LogP contribution in [-0.2, 0) is 28.5 Å². The second-order valence-electron chi connectivity index (χ2n) is 8.97. The molecule has 15 heteroatoms. The molecule has 3 aliphatic heterocycles. The topological polar surface area (TPSA) is 237 Å². The van der Waals surface area contributed by atoms with E-state index in [1.54, 1.807) is 0 Å². The summed E-state index contributed by atoms with van der Waals surface area (Å²) in [5.74, 6) is -2.76. The number of carbonyl (C=O) groups is 2. The van der Waals surface area contributed by atoms with Crippen molar-refractivity contribution in [2.75, 3.05) is 27.1 Å². The fourth-order valence-electron chi connectivity index (χ4n) is 5.07. The highest BCUT2D eigenvalue weighted by Gasteiger charge is 2.64. The van der Waals surface area contributed by atoms with Crippen molar-refractivity contribution in [3.8, 4) is 0 Å². The van der Waals surface area contributed by atoms with Gasteiger partial charge in [0, 0.05) is 26.4 Å². The minimum absolute atomic E-state index is 0.357. The molecule has 3 saturated heterocycles. The van der Waals surface area contributed by atoms with Crippen molar-refractivity contribution in [3.63, 3.8) is 0 Å². The third-order valence-corrected chi connectivity index (χ3v) is 6.77. The van der Waals surface area contributed by atoms with Crippen molar-refractivity contribution in [2.24, 2.45) is 5.92 Å². The number of hydrogen-bond acceptors (Lipinski definition) is 13. The zero-order valence-corrected chi connectivity index (χ0v) is 19.3. The maximum atomic E-state index is 13.2. The molecule has 9 N–H and O–H groups in total. The van der Waals surface area contributed by atoms with E-state index in [-0.39, 0.29) is 6.73 Å². The van der Waals surface area contributed by atoms with E-state index < -0.39 is 104 Å². The summed E-state index contributed by atoms with van der Waals surface area (Å²) in [4.78, 5) is 25.0. The standard InChI is InChI=1S/C20H34N2O13/c1-7(25)22-12-8(26)3-20(35-16(12)13(28)9(27)4-23)17(33-6-21-19(20)31)11-14(29)10(5-24)34-18(32-2)15(11)30/h8-18,23-24,26-30H,3-6H2,1-2H3,(H,21,31)(H,22,25)/t8-,9+,10+,11-,12+,13+,14-,15+,16+,17?,18?,20?/m0/s1. The van der Waals surface area contributed by atoms with Crippen LogP contribution in [0.1, 0.15) is 13.3 Å². The van der Waals surface area contributed by atoms with E-state index in [4.69, 9.17) is 18.9 Å². The van der Waals surface area contributed by atoms with E-state index >= 15 is 0 Å². The van der Waals surface area contributed by atoms with Gasteiger partial charge in [0.1, 0.15) is 43.4 Å². The number of ether oxygens (including phenoxy) is 4. The van der Waals surface area contributed by atoms with Crippen LogP contribution in [-0.4, -0.2) is 141 Å². The first kappa shape index (κ1) is 28.1. The summed E-state index contributed by atoms with van der Waals surface area (Å²) in [6, 6.07) is -1.30. The Labute approximate surface area is 200 Å². The van der Waals surface area contributed by atoms with E-state index in [0.717, 1.165) is 6.92 Å². The molecule has 12 atom stereocenters. The highest BCUT2D eigenvalue weighted by atomic mass is 16.7. The molecule has 0 aliphatic carbocycles. The monoisotopic (exact) mass is 510 g/mol. The molecule has 15 nitrogen and oxygen atoms in total. The fraction of sp³-hybridized carbons (Fsp3) is 0.900. The fourth-order valence-corrected chi connectivity index (χ4v) is 5.07. The Kier molecular flexibility index (Phi) is 9.04. The molecule has 3 unspecified atom stereocenters. The van der Waals surface area contributed by atoms with Crippen LogP contribution in [0.4, 0.5) is 0 Å². The Hall–Kier alpha value is -1.50. The molecule has 0 saturated carbocycles. The quantitative estimate of drug-likeness (QED) is 0.155. The molecule has 202 valence electrons. The van der Waals surface area contributed by atoms with Gasteiger partial charge in [-0.1, -0.05) is 0 Å². The SMILES string of the molecule is COC1O[C@H](CO)[C@H](O)[C@H](C2OCNC(=O)C23C[C@H](O)[C@@H](NC(C)=O)[C@H]([C@H](O)[C@H](O)CO)O3)[C@H]1O. The average Bonchev–Trinajstić information content (AvgIpc) is 2.82. The third kappa shape index (κ3) is 5.17. The van der Waals surface area contributed by atoms with Crippen LogP contribution in [0.15, 0.2) is 0 Å². The van der Waals surface area contributed by atoms with Crippen LogP contribution in [0.2, 0.25) is 0 Å². The van der Waals surface area contributed by atoms with Gasteiger partial charge in [-0.05, 0) is 0 Å². The van der Waals surface area contributed by atoms with Gasteiger partial charge in [0.15, 0.2) is 11.9 Å². The number of carbonyl (C=O) groups excluding carboxylic acids is 2. The normalized spacial score (nSPS) is 43.9. The molecule has 3 fully saturated rings. The van der Waals surface area contributed by atoms with Crippen LogP contribution < -0.4 is 10.6 Å². The van der Waals surface area contributed by atoms with Crippen molar-refractivity contribution in [2.45, 2.75) is 80.1 Å². The number of aliphatic hydroxyl groups excluding tert-OH is 7. The predicted molar refractivity (Wildman–Crippen MR) is 111 cm³/mol. The van der Waals surface area contributed by atoms with Gasteiger partial charge in [0.25, 0.3) is 5.91 Å². The molecule has 2 amide bonds. The summed E-state index contributed by atoms with van der Waals surface area (Å²) in [6.45, 7) is -0.760. The second-order valence-corrected chi connectivity index (χ2v) is 8.97. The van der Waals surface area contributed by atoms with E-state index in [2.05, 4.69) is 10.6 Å². The lowest BCUT2D eigenvalue weighted by molar-refractivity contribution is -0.323. The summed E-state index contributed by atoms with van der Waals surface area (Å²) in [6.07, 6.45) is -14.5. The van der Waals surface area contributed by atoms with Crippen LogP contribution in [0.3, 0.4) is 0 Å². The lowest BCUT2D eigenvalue weighted by Crippen LogP contribution is -2.76. The van der Waals surface area contributed by atoms with Crippen molar-refractivity contribution in [1.29, 1.82) is 0 Å². The summed E-state index contributed by atoms with van der Waals surface area (Å²) in [7, 11) is 1.23. The number of rotatable bonds is 7. The molecule has 0 bridgehead atoms. The zero-order chi connectivity index (χ0) is 26.1. The van der Waals surface area contributed by atoms with Crippen molar-refractivity contribution in [3.05, 3.63) is 0 Å². The minimum Gasteiger partial charge on any atom is -0.394 e. The first-order chi connectivity index (χ1) is 16.5. The van der Waals surface area contributed by atoms with Gasteiger partial charge in [-0.15, -0.1) is 0 Å². The highest BCUT2D eigenvalue weighted by molar-refractivity contribution is 5.87. The second kappa shape index (κ2) is 11.3. The summed E-state index contributed by atoms with van der Waals surface area (Å²) in [5, 5.41) is 77.3. The maximum absolute atomic E-state index is 13.2. The first-order valence-electron chi connectivity index (χ1n) is 11.2. The number of aliphatic hydroxyl groups is 7. The van der Waals surface area contributed by atoms with E-state index in [0.29, 0.717) is 0 Å². The molecule has 0 aromatic heterocycles. The first-order valence-corrected chi connectivity index (χ1v) is 11.2. The third-order valence-electron chi connectivity index (χ3n) is 6.77. The van der Waals surface area contributed by atoms with Gasteiger partial charge in [0.2, 0.25) is 5.91 Å². The van der Waals surface area contributed by atoms with Crippen LogP contribution in [0.5, 0.6) is 0 Å². The molecular formula is C20H34N2O13. The Morgan fingerprint density at radius 2 is 1.94 bits per heavy atom. The summed E-state index contributed by atoms with van der Waals surface area (Å²) < 4.78 is 22.2. The number of nitrogens with one attached hydrogen (secondary N) is 2. The molecule has 3 rings (SSSR count). The number of hydrogen-bond donors (Lipinski definition) is 9. The van der Waals surface area contributed by atoms with Gasteiger partial charge < -0.3 is 65.3 Å². The van der Waals surface area contributed by atoms with Gasteiger partial charge in [-0.2, -0.15) is 0 Å². The summed E-state index contributed by atoms with van der Waals surface area (Å²) in [5.41, 5.74) is -2.14. The van der Waals surface area contributed by atoms with E-state index in [1.165, 1.54) is 7.11 Å². The predicted octanol–water partition coefficient (Wildman–Crippen LogP) is -5.73. The molecule has 0 aromatic rings. The van der Waals surface area contributed by atoms with Crippen LogP contribution in [0, 0.1) is 5.92 Å². The largest absolute Gasteiger partial charge is 0.394 e. The Balaban J connectivity index is 2.06. The Morgan fingerprint density at radius 1 is 1.26 bits per heavy atom. The Morgan fingerprint density at radius 3 is 2.51 bits per heavy atom. The molecular weight excluding hydrogens is 476 g/mol. The van der Waals surface area contributed by atoms with Crippen LogP contribution in [0.25, 0.3) is 0 Å². The van der Waals surface area contributed by atoms with E-state index in [9.17, 15) is 45.3 Å². The number of amides is 2. The Bertz CT molecular complexity index is 743. The van der Waals surface area contributed by atoms with Crippen molar-refractivity contribution in [1.82, 2.24) is 10.6 Å². The average molecular weight is 510 g/mol. The lowest BCUT2D eigenvalue weighted by atomic mass is 9.71. The molecule has 0 radical (unpaired) electrons. The summed E-state index contributed by atoms with van der Waals surface area (Å²) >= 11 is 0. The molecule has 0 aromatic carbocycles.